The second-order valence-electron chi connectivity index (χ2n) is 6.91. The van der Waals surface area contributed by atoms with E-state index < -0.39 is 78.3 Å². The van der Waals surface area contributed by atoms with Crippen LogP contribution in [0.1, 0.15) is 6.42 Å². The zero-order valence-electron chi connectivity index (χ0n) is 15.2. The van der Waals surface area contributed by atoms with Crippen LogP contribution in [-0.4, -0.2) is 71.9 Å². The summed E-state index contributed by atoms with van der Waals surface area (Å²) in [6, 6.07) is 0. The Labute approximate surface area is 178 Å². The fraction of sp³-hybridized carbons (Fsp3) is 0.385. The average molecular weight is 523 g/mol. The molecule has 0 radical (unpaired) electrons. The van der Waals surface area contributed by atoms with Crippen LogP contribution in [0, 0.1) is 0 Å². The van der Waals surface area contributed by atoms with E-state index in [1.165, 1.54) is 0 Å². The highest BCUT2D eigenvalue weighted by Crippen LogP contribution is 2.46. The van der Waals surface area contributed by atoms with Gasteiger partial charge in [0.15, 0.2) is 0 Å². The van der Waals surface area contributed by atoms with Gasteiger partial charge in [0.25, 0.3) is 40.5 Å². The molecule has 0 saturated heterocycles. The number of rotatable bonds is 6. The number of allylic oxidation sites excluding steroid dienone is 2. The molecular weight excluding hydrogens is 504 g/mol. The van der Waals surface area contributed by atoms with Gasteiger partial charge in [0, 0.05) is 17.8 Å². The summed E-state index contributed by atoms with van der Waals surface area (Å²) in [6.07, 6.45) is 1.69. The van der Waals surface area contributed by atoms with Crippen LogP contribution in [0.4, 0.5) is 0 Å². The van der Waals surface area contributed by atoms with Gasteiger partial charge in [-0.05, 0) is 24.3 Å². The topological polar surface area (TPSA) is 270 Å². The fourth-order valence-electron chi connectivity index (χ4n) is 3.61. The van der Waals surface area contributed by atoms with Gasteiger partial charge in [-0.1, -0.05) is 12.2 Å². The van der Waals surface area contributed by atoms with E-state index in [4.69, 9.17) is 11.5 Å². The van der Waals surface area contributed by atoms with Gasteiger partial charge in [0.05, 0.1) is 0 Å². The highest BCUT2D eigenvalue weighted by molar-refractivity contribution is 7.92. The summed E-state index contributed by atoms with van der Waals surface area (Å²) >= 11 is 0. The molecule has 0 amide bonds. The molecule has 0 aromatic rings. The Morgan fingerprint density at radius 3 is 1.19 bits per heavy atom. The Balaban J connectivity index is 3.04. The van der Waals surface area contributed by atoms with Gasteiger partial charge in [-0.25, -0.2) is 0 Å². The van der Waals surface area contributed by atoms with E-state index in [0.29, 0.717) is 24.3 Å². The van der Waals surface area contributed by atoms with Gasteiger partial charge in [-0.15, -0.1) is 0 Å². The van der Waals surface area contributed by atoms with Gasteiger partial charge in [-0.3, -0.25) is 18.2 Å². The molecule has 2 aliphatic carbocycles. The molecule has 0 bridgehead atoms. The molecule has 0 aromatic heterocycles. The van der Waals surface area contributed by atoms with E-state index in [1.54, 1.807) is 0 Å². The Kier molecular flexibility index (Phi) is 6.05. The first-order chi connectivity index (χ1) is 13.7. The van der Waals surface area contributed by atoms with Crippen LogP contribution in [0.2, 0.25) is 0 Å². The predicted octanol–water partition coefficient (Wildman–Crippen LogP) is -2.03. The van der Waals surface area contributed by atoms with Crippen LogP contribution in [-0.2, 0) is 40.5 Å². The van der Waals surface area contributed by atoms with E-state index >= 15 is 0 Å². The Hall–Kier alpha value is -1.80. The van der Waals surface area contributed by atoms with Crippen molar-refractivity contribution >= 4 is 40.5 Å². The zero-order valence-corrected chi connectivity index (χ0v) is 18.4. The van der Waals surface area contributed by atoms with Crippen molar-refractivity contribution in [2.75, 3.05) is 0 Å². The number of nitrogens with two attached hydrogens (primary N) is 2. The van der Waals surface area contributed by atoms with Crippen molar-refractivity contribution in [3.05, 3.63) is 47.9 Å². The molecule has 2 rings (SSSR count). The first kappa shape index (κ1) is 25.5. The Bertz CT molecular complexity index is 1230. The second-order valence-corrected chi connectivity index (χ2v) is 13.4. The normalized spacial score (nSPS) is 32.4. The lowest BCUT2D eigenvalue weighted by Crippen LogP contribution is -2.62. The van der Waals surface area contributed by atoms with Crippen LogP contribution in [0.5, 0.6) is 0 Å². The molecule has 8 N–H and O–H groups in total. The van der Waals surface area contributed by atoms with Gasteiger partial charge in [-0.2, -0.15) is 33.7 Å². The van der Waals surface area contributed by atoms with Crippen molar-refractivity contribution < 1.29 is 51.9 Å². The fourth-order valence-corrected chi connectivity index (χ4v) is 9.18. The molecule has 176 valence electrons. The lowest BCUT2D eigenvalue weighted by atomic mass is 9.83. The number of hydrogen-bond acceptors (Lipinski definition) is 10. The predicted molar refractivity (Wildman–Crippen MR) is 107 cm³/mol. The quantitative estimate of drug-likeness (QED) is 0.205. The summed E-state index contributed by atoms with van der Waals surface area (Å²) < 4.78 is 129. The molecule has 0 aliphatic heterocycles. The minimum absolute atomic E-state index is 0.372. The average Bonchev–Trinajstić information content (AvgIpc) is 2.50. The van der Waals surface area contributed by atoms with Crippen molar-refractivity contribution in [1.29, 1.82) is 0 Å². The van der Waals surface area contributed by atoms with Gasteiger partial charge >= 0.3 is 0 Å². The van der Waals surface area contributed by atoms with Gasteiger partial charge in [0.2, 0.25) is 0 Å². The van der Waals surface area contributed by atoms with E-state index in [2.05, 4.69) is 0 Å². The van der Waals surface area contributed by atoms with Crippen LogP contribution >= 0.6 is 0 Å². The first-order valence-corrected chi connectivity index (χ1v) is 13.8. The molecule has 0 heterocycles. The first-order valence-electron chi connectivity index (χ1n) is 7.87. The molecular formula is C13H18N2O12S4. The van der Waals surface area contributed by atoms with Crippen molar-refractivity contribution in [3.8, 4) is 0 Å². The maximum Gasteiger partial charge on any atom is 0.276 e. The molecule has 0 spiro atoms. The maximum atomic E-state index is 12.4. The summed E-state index contributed by atoms with van der Waals surface area (Å²) in [4.78, 5) is 0. The van der Waals surface area contributed by atoms with Crippen molar-refractivity contribution in [2.24, 2.45) is 11.5 Å². The van der Waals surface area contributed by atoms with Crippen LogP contribution in [0.25, 0.3) is 0 Å². The smallest absolute Gasteiger partial charge is 0.276 e. The lowest BCUT2D eigenvalue weighted by molar-refractivity contribution is 0.374. The van der Waals surface area contributed by atoms with Gasteiger partial charge in [0.1, 0.15) is 20.0 Å². The summed E-state index contributed by atoms with van der Waals surface area (Å²) in [7, 11) is -22.3. The Morgan fingerprint density at radius 1 is 0.677 bits per heavy atom. The second kappa shape index (κ2) is 7.37. The van der Waals surface area contributed by atoms with E-state index in [-0.39, 0.29) is 0 Å². The number of hydrogen-bond donors (Lipinski definition) is 6. The maximum absolute atomic E-state index is 12.4. The lowest BCUT2D eigenvalue weighted by Gasteiger charge is -2.43. The summed E-state index contributed by atoms with van der Waals surface area (Å²) in [5, 5.41) is -5.19. The highest BCUT2D eigenvalue weighted by Gasteiger charge is 2.64. The SMILES string of the molecule is NC1=CC(CC2(S(=O)(=O)O)C=C(N)C=CC2S(=O)(=O)O)(S(=O)(=O)O)C(S(=O)(=O)O)C=C1. The molecule has 31 heavy (non-hydrogen) atoms. The Morgan fingerprint density at radius 2 is 0.968 bits per heavy atom. The van der Waals surface area contributed by atoms with Crippen LogP contribution in [0.15, 0.2) is 47.9 Å². The third kappa shape index (κ3) is 4.42. The molecule has 0 saturated carbocycles. The molecule has 18 heteroatoms. The van der Waals surface area contributed by atoms with Gasteiger partial charge < -0.3 is 11.5 Å². The third-order valence-electron chi connectivity index (χ3n) is 4.87. The standard InChI is InChI=1S/C13H18N2O12S4/c14-8-1-3-10(28(16,17)18)12(5-8,30(22,23)24)7-13(31(25,26)27)6-9(15)2-4-11(13)29(19,20)21/h1-6,10-11H,7,14-15H2,(H,16,17,18)(H,19,20,21)(H,22,23,24)(H,25,26,27). The largest absolute Gasteiger partial charge is 0.399 e. The highest BCUT2D eigenvalue weighted by atomic mass is 32.2. The molecule has 0 fully saturated rings. The molecule has 4 unspecified atom stereocenters. The van der Waals surface area contributed by atoms with E-state index in [0.717, 1.165) is 12.2 Å². The molecule has 14 nitrogen and oxygen atoms in total. The molecule has 2 aliphatic rings. The summed E-state index contributed by atoms with van der Waals surface area (Å²) in [5.74, 6) is 0. The molecule has 0 aromatic carbocycles. The monoisotopic (exact) mass is 522 g/mol. The zero-order chi connectivity index (χ0) is 24.3. The minimum atomic E-state index is -5.73. The van der Waals surface area contributed by atoms with Crippen LogP contribution in [0.3, 0.4) is 0 Å². The van der Waals surface area contributed by atoms with Crippen molar-refractivity contribution in [3.63, 3.8) is 0 Å². The van der Waals surface area contributed by atoms with Crippen molar-refractivity contribution in [1.82, 2.24) is 0 Å². The summed E-state index contributed by atoms with van der Waals surface area (Å²) in [5.41, 5.74) is 9.97. The van der Waals surface area contributed by atoms with E-state index in [1.807, 2.05) is 0 Å². The molecule has 4 atom stereocenters. The van der Waals surface area contributed by atoms with E-state index in [9.17, 15) is 51.9 Å². The minimum Gasteiger partial charge on any atom is -0.399 e. The third-order valence-corrected chi connectivity index (χ3v) is 10.6. The van der Waals surface area contributed by atoms with Crippen LogP contribution < -0.4 is 11.5 Å². The van der Waals surface area contributed by atoms with Crippen molar-refractivity contribution in [2.45, 2.75) is 26.4 Å². The summed E-state index contributed by atoms with van der Waals surface area (Å²) in [6.45, 7) is 0.